The number of benzene rings is 2. The molecule has 0 spiro atoms. The topological polar surface area (TPSA) is 360 Å². The summed E-state index contributed by atoms with van der Waals surface area (Å²) in [5.41, 5.74) is 20.6. The number of amides is 1. The molecule has 3 atom stereocenters. The van der Waals surface area contributed by atoms with Crippen LogP contribution in [0.4, 0.5) is 8.78 Å². The van der Waals surface area contributed by atoms with Crippen molar-refractivity contribution < 1.29 is 77.5 Å². The van der Waals surface area contributed by atoms with Gasteiger partial charge in [-0.1, -0.05) is 18.2 Å². The summed E-state index contributed by atoms with van der Waals surface area (Å²) in [6, 6.07) is 24.4. The first-order valence-electron chi connectivity index (χ1n) is 34.0. The van der Waals surface area contributed by atoms with Gasteiger partial charge >= 0.3 is 41.5 Å². The third-order valence-corrected chi connectivity index (χ3v) is 19.7. The standard InChI is InChI=1S/C26H24FN9O2.C19H20N4O2.C17H16N4O2.C9H10FN5O.Na.H2O/c1-38-23-6-5-21(36-14-29-32-33-36)18(25(23)27)11-28-26(37)19-10-22-17(8-9-35(22)31-19)20-13-34-12-16(15-2-3-15)4-7-24(34)30-20;1-2-25-19(24)15-9-17-14(7-8-23(17)21-15)16-11-22-10-13(12-3-4-12)5-6-18(22)20-16;22-17(23)13-7-15-12(5-6-21(15)19-13)14-9-20-8-11(10-1-2-10)3-4-16(20)18-14;1-16-8-3-2-7(6(4-11)9(8)10)15-5-12-13-14-15;;/h4-7,10,12-15,17H,2-3,8-9,11H2,1H3,(H,28,37);5-6,9-12,14H,2-4,7-8H2,1H3;3-4,7-10,12H,1-2,5-6H2,(H,22,23);2-3,5H,4,11H2,1H3;;1H2/q;;;;+1;/p-1. The Kier molecular flexibility index (Phi) is 19.8. The van der Waals surface area contributed by atoms with Gasteiger partial charge in [0.15, 0.2) is 34.5 Å². The average Bonchev–Trinajstić information content (AvgIpc) is 1.60. The molecule has 3 aliphatic heterocycles. The summed E-state index contributed by atoms with van der Waals surface area (Å²) in [5, 5.41) is 46.7. The van der Waals surface area contributed by atoms with Gasteiger partial charge in [0.05, 0.1) is 49.3 Å². The van der Waals surface area contributed by atoms with Gasteiger partial charge in [-0.2, -0.15) is 15.3 Å². The van der Waals surface area contributed by atoms with E-state index in [4.69, 9.17) is 40.0 Å². The Balaban J connectivity index is 0.000000122. The largest absolute Gasteiger partial charge is 1.00 e. The fraction of sp³-hybridized carbons (Fsp3) is 0.338. The van der Waals surface area contributed by atoms with Crippen LogP contribution in [0.15, 0.2) is 129 Å². The first kappa shape index (κ1) is 70.1. The van der Waals surface area contributed by atoms with E-state index < -0.39 is 23.5 Å². The van der Waals surface area contributed by atoms with Gasteiger partial charge in [0, 0.05) is 116 Å². The molecule has 0 saturated heterocycles. The maximum Gasteiger partial charge on any atom is 1.00 e. The maximum atomic E-state index is 15.1. The van der Waals surface area contributed by atoms with Crippen molar-refractivity contribution in [1.82, 2.24) is 103 Å². The number of halogens is 2. The average molecular weight is 1420 g/mol. The number of nitrogens with zero attached hydrogens (tertiary/aromatic N) is 20. The van der Waals surface area contributed by atoms with Gasteiger partial charge in [-0.15, -0.1) is 10.2 Å². The number of nitrogens with one attached hydrogen (secondary N) is 1. The number of rotatable bonds is 17. The van der Waals surface area contributed by atoms with E-state index in [9.17, 15) is 18.8 Å². The Morgan fingerprint density at radius 3 is 1.35 bits per heavy atom. The minimum atomic E-state index is -0.977. The van der Waals surface area contributed by atoms with Gasteiger partial charge < -0.3 is 49.0 Å². The van der Waals surface area contributed by atoms with Gasteiger partial charge in [0.1, 0.15) is 35.3 Å². The molecule has 3 fully saturated rings. The zero-order valence-corrected chi connectivity index (χ0v) is 59.3. The first-order valence-corrected chi connectivity index (χ1v) is 34.0. The molecule has 104 heavy (non-hydrogen) atoms. The van der Waals surface area contributed by atoms with Crippen molar-refractivity contribution in [3.8, 4) is 22.9 Å². The van der Waals surface area contributed by atoms with E-state index in [0.29, 0.717) is 41.7 Å². The summed E-state index contributed by atoms with van der Waals surface area (Å²) in [4.78, 5) is 50.5. The fourth-order valence-corrected chi connectivity index (χ4v) is 13.9. The number of hydrogen-bond acceptors (Lipinski definition) is 20. The van der Waals surface area contributed by atoms with E-state index in [2.05, 4.69) is 138 Å². The molecule has 13 aromatic rings. The number of aromatic carboxylic acids is 1. The number of carboxylic acids is 1. The number of methoxy groups -OCH3 is 2. The number of hydrogen-bond donors (Lipinski definition) is 3. The number of carboxylic acid groups (broad SMARTS) is 1. The Morgan fingerprint density at radius 1 is 0.548 bits per heavy atom. The summed E-state index contributed by atoms with van der Waals surface area (Å²) >= 11 is 0. The van der Waals surface area contributed by atoms with Crippen molar-refractivity contribution in [2.75, 3.05) is 20.8 Å². The molecule has 33 heteroatoms. The SMILES string of the molecule is CCOC(=O)c1cc2n(n1)CCC2c1cn2cc(C3CC3)ccc2n1.COc1ccc(-n2cnnn2)c(CN)c1F.COc1ccc(-n2cnnn2)c(CNC(=O)c2cc3n(n2)CCC3c2cn3cc(C4CC4)ccc3n2)c1F.O=C(O)c1cc2n(n1)CCC2c1cn2cc(C3CC3)ccc2n1.[Na+].[OH-]. The molecule has 3 aliphatic carbocycles. The van der Waals surface area contributed by atoms with Crippen LogP contribution in [0.5, 0.6) is 11.5 Å². The minimum Gasteiger partial charge on any atom is -0.870 e. The first-order chi connectivity index (χ1) is 49.8. The van der Waals surface area contributed by atoms with Crippen molar-refractivity contribution >= 4 is 34.8 Å². The molecule has 6 aliphatic rings. The molecule has 528 valence electrons. The van der Waals surface area contributed by atoms with E-state index >= 15 is 4.39 Å². The van der Waals surface area contributed by atoms with E-state index in [-0.39, 0.29) is 100 Å². The smallest absolute Gasteiger partial charge is 0.870 e. The third kappa shape index (κ3) is 14.0. The number of fused-ring (bicyclic) bond motifs is 6. The van der Waals surface area contributed by atoms with Crippen LogP contribution in [0, 0.1) is 11.6 Å². The summed E-state index contributed by atoms with van der Waals surface area (Å²) in [5.74, 6) is -0.121. The Labute approximate surface area is 613 Å². The summed E-state index contributed by atoms with van der Waals surface area (Å²) in [7, 11) is 2.78. The number of carbonyl (C=O) groups excluding carboxylic acids is 2. The number of carbonyl (C=O) groups is 3. The second kappa shape index (κ2) is 29.4. The van der Waals surface area contributed by atoms with E-state index in [1.54, 1.807) is 35.9 Å². The van der Waals surface area contributed by atoms with Crippen molar-refractivity contribution in [3.05, 3.63) is 219 Å². The van der Waals surface area contributed by atoms with E-state index in [1.807, 2.05) is 15.4 Å². The molecule has 3 saturated carbocycles. The number of nitrogens with two attached hydrogens (primary N) is 1. The number of pyridine rings is 3. The summed E-state index contributed by atoms with van der Waals surface area (Å²) in [6.45, 7) is 4.35. The van der Waals surface area contributed by atoms with Gasteiger partial charge in [-0.05, 0) is 181 Å². The predicted octanol–water partition coefficient (Wildman–Crippen LogP) is 5.86. The number of aryl methyl sites for hydroxylation is 3. The number of ether oxygens (including phenoxy) is 3. The molecule has 2 aromatic carbocycles. The van der Waals surface area contributed by atoms with Gasteiger partial charge in [-0.3, -0.25) is 18.8 Å². The van der Waals surface area contributed by atoms with Gasteiger partial charge in [0.2, 0.25) is 0 Å². The molecular weight excluding hydrogens is 1350 g/mol. The molecule has 19 rings (SSSR count). The number of imidazole rings is 3. The number of tetrazole rings is 2. The number of aromatic nitrogens is 20. The van der Waals surface area contributed by atoms with E-state index in [1.165, 1.54) is 104 Å². The van der Waals surface area contributed by atoms with Crippen LogP contribution < -0.4 is 50.1 Å². The zero-order chi connectivity index (χ0) is 69.9. The van der Waals surface area contributed by atoms with Crippen LogP contribution in [-0.4, -0.2) is 147 Å². The van der Waals surface area contributed by atoms with Crippen molar-refractivity contribution in [2.45, 2.75) is 133 Å². The molecule has 0 radical (unpaired) electrons. The molecule has 5 N–H and O–H groups in total. The molecule has 14 heterocycles. The molecule has 11 aromatic heterocycles. The van der Waals surface area contributed by atoms with Crippen LogP contribution in [0.3, 0.4) is 0 Å². The van der Waals surface area contributed by atoms with Crippen LogP contribution in [0.1, 0.15) is 194 Å². The quantitative estimate of drug-likeness (QED) is 0.0710. The van der Waals surface area contributed by atoms with Gasteiger partial charge in [-0.25, -0.2) is 42.7 Å². The minimum absolute atomic E-state index is 0. The second-order valence-corrected chi connectivity index (χ2v) is 26.1. The molecule has 3 unspecified atom stereocenters. The van der Waals surface area contributed by atoms with Crippen molar-refractivity contribution in [1.29, 1.82) is 0 Å². The summed E-state index contributed by atoms with van der Waals surface area (Å²) in [6.07, 6.45) is 26.0. The molecule has 30 nitrogen and oxygen atoms in total. The van der Waals surface area contributed by atoms with Crippen LogP contribution >= 0.6 is 0 Å². The Hall–Kier alpha value is -10.9. The Morgan fingerprint density at radius 2 is 0.952 bits per heavy atom. The van der Waals surface area contributed by atoms with Crippen LogP contribution in [0.2, 0.25) is 0 Å². The third-order valence-electron chi connectivity index (χ3n) is 19.7. The Bertz CT molecular complexity index is 5320. The van der Waals surface area contributed by atoms with Crippen molar-refractivity contribution in [2.24, 2.45) is 5.73 Å². The second-order valence-electron chi connectivity index (χ2n) is 26.1. The van der Waals surface area contributed by atoms with Crippen LogP contribution in [-0.2, 0) is 37.5 Å². The molecule has 1 amide bonds. The monoisotopic (exact) mass is 1420 g/mol. The number of esters is 1. The summed E-state index contributed by atoms with van der Waals surface area (Å²) < 4.78 is 58.6. The zero-order valence-electron chi connectivity index (χ0n) is 57.3. The van der Waals surface area contributed by atoms with Gasteiger partial charge in [0.25, 0.3) is 5.91 Å². The molecular formula is C71H71F2N22NaO8. The van der Waals surface area contributed by atoms with Crippen LogP contribution in [0.25, 0.3) is 28.3 Å². The van der Waals surface area contributed by atoms with E-state index in [0.717, 1.165) is 95.3 Å². The molecule has 0 bridgehead atoms. The normalized spacial score (nSPS) is 16.8. The fourth-order valence-electron chi connectivity index (χ4n) is 13.9. The maximum absolute atomic E-state index is 15.1. The predicted molar refractivity (Wildman–Crippen MR) is 363 cm³/mol. The van der Waals surface area contributed by atoms with Crippen molar-refractivity contribution in [3.63, 3.8) is 0 Å².